The van der Waals surface area contributed by atoms with Crippen molar-refractivity contribution in [2.75, 3.05) is 0 Å². The summed E-state index contributed by atoms with van der Waals surface area (Å²) in [4.78, 5) is 15.9. The van der Waals surface area contributed by atoms with E-state index in [1.54, 1.807) is 0 Å². The molecule has 1 atom stereocenters. The number of aliphatic carboxylic acids is 1. The van der Waals surface area contributed by atoms with Gasteiger partial charge in [-0.05, 0) is 38.0 Å². The molecule has 1 N–H and O–H groups in total. The van der Waals surface area contributed by atoms with Crippen LogP contribution in [-0.2, 0) is 11.2 Å². The number of hydrogen-bond donors (Lipinski definition) is 1. The fourth-order valence-electron chi connectivity index (χ4n) is 3.43. The lowest BCUT2D eigenvalue weighted by atomic mass is 9.87. The SMILES string of the molecule is CCCCC[C@@H](Cc1cn(C2CCC(C)CC2)cn1)C(=O)O. The molecule has 0 bridgehead atoms. The lowest BCUT2D eigenvalue weighted by Crippen LogP contribution is -2.17. The van der Waals surface area contributed by atoms with Crippen LogP contribution >= 0.6 is 0 Å². The summed E-state index contributed by atoms with van der Waals surface area (Å²) >= 11 is 0. The van der Waals surface area contributed by atoms with Gasteiger partial charge in [0.2, 0.25) is 0 Å². The van der Waals surface area contributed by atoms with Crippen molar-refractivity contribution in [2.45, 2.75) is 77.7 Å². The van der Waals surface area contributed by atoms with E-state index in [0.717, 1.165) is 37.3 Å². The van der Waals surface area contributed by atoms with Crippen molar-refractivity contribution in [2.24, 2.45) is 11.8 Å². The molecule has 0 aliphatic heterocycles. The van der Waals surface area contributed by atoms with Crippen molar-refractivity contribution in [3.8, 4) is 0 Å². The van der Waals surface area contributed by atoms with Crippen LogP contribution in [0.1, 0.15) is 76.9 Å². The summed E-state index contributed by atoms with van der Waals surface area (Å²) in [6.07, 6.45) is 13.5. The molecule has 1 aromatic heterocycles. The number of hydrogen-bond acceptors (Lipinski definition) is 2. The zero-order valence-corrected chi connectivity index (χ0v) is 14.0. The number of unbranched alkanes of at least 4 members (excludes halogenated alkanes) is 2. The Kier molecular flexibility index (Phi) is 6.47. The molecule has 0 unspecified atom stereocenters. The van der Waals surface area contributed by atoms with Crippen LogP contribution in [0.5, 0.6) is 0 Å². The smallest absolute Gasteiger partial charge is 0.306 e. The third-order valence-electron chi connectivity index (χ3n) is 5.02. The second kappa shape index (κ2) is 8.35. The second-order valence-electron chi connectivity index (χ2n) is 6.96. The summed E-state index contributed by atoms with van der Waals surface area (Å²) in [5.41, 5.74) is 0.933. The minimum Gasteiger partial charge on any atom is -0.481 e. The Morgan fingerprint density at radius 1 is 1.36 bits per heavy atom. The molecule has 2 rings (SSSR count). The van der Waals surface area contributed by atoms with Crippen LogP contribution in [0.25, 0.3) is 0 Å². The molecule has 1 fully saturated rings. The van der Waals surface area contributed by atoms with Crippen LogP contribution in [0.3, 0.4) is 0 Å². The lowest BCUT2D eigenvalue weighted by molar-refractivity contribution is -0.142. The molecule has 22 heavy (non-hydrogen) atoms. The van der Waals surface area contributed by atoms with Crippen LogP contribution in [0.4, 0.5) is 0 Å². The van der Waals surface area contributed by atoms with E-state index >= 15 is 0 Å². The molecular formula is C18H30N2O2. The maximum absolute atomic E-state index is 11.4. The Morgan fingerprint density at radius 2 is 2.09 bits per heavy atom. The Labute approximate surface area is 133 Å². The zero-order chi connectivity index (χ0) is 15.9. The number of carboxylic acids is 1. The van der Waals surface area contributed by atoms with E-state index in [2.05, 4.69) is 29.6 Å². The van der Waals surface area contributed by atoms with Crippen molar-refractivity contribution in [1.29, 1.82) is 0 Å². The minimum absolute atomic E-state index is 0.290. The number of imidazole rings is 1. The summed E-state index contributed by atoms with van der Waals surface area (Å²) in [5.74, 6) is -0.132. The van der Waals surface area contributed by atoms with E-state index in [-0.39, 0.29) is 5.92 Å². The van der Waals surface area contributed by atoms with Gasteiger partial charge in [0.05, 0.1) is 17.9 Å². The molecule has 1 aromatic rings. The Balaban J connectivity index is 1.90. The van der Waals surface area contributed by atoms with Gasteiger partial charge >= 0.3 is 5.97 Å². The molecule has 1 heterocycles. The van der Waals surface area contributed by atoms with E-state index in [1.165, 1.54) is 25.7 Å². The van der Waals surface area contributed by atoms with E-state index in [0.29, 0.717) is 12.5 Å². The van der Waals surface area contributed by atoms with Gasteiger partial charge in [-0.25, -0.2) is 4.98 Å². The first-order chi connectivity index (χ1) is 10.6. The molecule has 4 nitrogen and oxygen atoms in total. The van der Waals surface area contributed by atoms with E-state index in [1.807, 2.05) is 6.33 Å². The van der Waals surface area contributed by atoms with Gasteiger partial charge < -0.3 is 9.67 Å². The summed E-state index contributed by atoms with van der Waals surface area (Å²) in [5, 5.41) is 9.38. The van der Waals surface area contributed by atoms with E-state index in [9.17, 15) is 9.90 Å². The lowest BCUT2D eigenvalue weighted by Gasteiger charge is -2.26. The summed E-state index contributed by atoms with van der Waals surface area (Å²) in [6.45, 7) is 4.46. The van der Waals surface area contributed by atoms with Gasteiger partial charge in [0, 0.05) is 18.7 Å². The number of carboxylic acid groups (broad SMARTS) is 1. The molecule has 1 aliphatic carbocycles. The van der Waals surface area contributed by atoms with Crippen LogP contribution < -0.4 is 0 Å². The third-order valence-corrected chi connectivity index (χ3v) is 5.02. The molecule has 0 amide bonds. The Bertz CT molecular complexity index is 461. The predicted molar refractivity (Wildman–Crippen MR) is 87.9 cm³/mol. The number of nitrogens with zero attached hydrogens (tertiary/aromatic N) is 2. The largest absolute Gasteiger partial charge is 0.481 e. The highest BCUT2D eigenvalue weighted by Gasteiger charge is 2.22. The molecule has 0 saturated heterocycles. The van der Waals surface area contributed by atoms with Crippen LogP contribution in [0.15, 0.2) is 12.5 Å². The van der Waals surface area contributed by atoms with Crippen LogP contribution in [0.2, 0.25) is 0 Å². The monoisotopic (exact) mass is 306 g/mol. The molecule has 0 radical (unpaired) electrons. The maximum atomic E-state index is 11.4. The summed E-state index contributed by atoms with van der Waals surface area (Å²) < 4.78 is 2.21. The van der Waals surface area contributed by atoms with Gasteiger partial charge in [-0.15, -0.1) is 0 Å². The highest BCUT2D eigenvalue weighted by atomic mass is 16.4. The first-order valence-electron chi connectivity index (χ1n) is 8.85. The molecule has 0 spiro atoms. The van der Waals surface area contributed by atoms with E-state index in [4.69, 9.17) is 0 Å². The summed E-state index contributed by atoms with van der Waals surface area (Å²) in [7, 11) is 0. The zero-order valence-electron chi connectivity index (χ0n) is 14.0. The number of carbonyl (C=O) groups is 1. The van der Waals surface area contributed by atoms with Crippen LogP contribution in [0, 0.1) is 11.8 Å². The van der Waals surface area contributed by atoms with Gasteiger partial charge in [-0.3, -0.25) is 4.79 Å². The van der Waals surface area contributed by atoms with Gasteiger partial charge in [-0.2, -0.15) is 0 Å². The first-order valence-corrected chi connectivity index (χ1v) is 8.85. The Hall–Kier alpha value is -1.32. The topological polar surface area (TPSA) is 55.1 Å². The molecule has 1 aliphatic rings. The standard InChI is InChI=1S/C18H30N2O2/c1-3-4-5-6-15(18(21)22)11-16-12-20(13-19-16)17-9-7-14(2)8-10-17/h12-15,17H,3-11H2,1-2H3,(H,21,22)/t14?,15-,17?/m0/s1. The average Bonchev–Trinajstić information content (AvgIpc) is 2.95. The van der Waals surface area contributed by atoms with Crippen molar-refractivity contribution in [3.05, 3.63) is 18.2 Å². The predicted octanol–water partition coefficient (Wildman–Crippen LogP) is 4.46. The number of rotatable bonds is 8. The van der Waals surface area contributed by atoms with Gasteiger partial charge in [-0.1, -0.05) is 33.1 Å². The molecule has 1 saturated carbocycles. The molecule has 124 valence electrons. The Morgan fingerprint density at radius 3 is 2.73 bits per heavy atom. The third kappa shape index (κ3) is 4.85. The normalized spacial score (nSPS) is 23.4. The molecule has 4 heteroatoms. The first kappa shape index (κ1) is 17.0. The maximum Gasteiger partial charge on any atom is 0.306 e. The highest BCUT2D eigenvalue weighted by molar-refractivity contribution is 5.70. The van der Waals surface area contributed by atoms with Crippen molar-refractivity contribution in [3.63, 3.8) is 0 Å². The number of aromatic nitrogens is 2. The van der Waals surface area contributed by atoms with Crippen molar-refractivity contribution >= 4 is 5.97 Å². The van der Waals surface area contributed by atoms with Gasteiger partial charge in [0.25, 0.3) is 0 Å². The fraction of sp³-hybridized carbons (Fsp3) is 0.778. The van der Waals surface area contributed by atoms with Crippen molar-refractivity contribution < 1.29 is 9.90 Å². The summed E-state index contributed by atoms with van der Waals surface area (Å²) in [6, 6.07) is 0.556. The average molecular weight is 306 g/mol. The quantitative estimate of drug-likeness (QED) is 0.721. The van der Waals surface area contributed by atoms with Gasteiger partial charge in [0.15, 0.2) is 0 Å². The van der Waals surface area contributed by atoms with E-state index < -0.39 is 5.97 Å². The van der Waals surface area contributed by atoms with Crippen molar-refractivity contribution in [1.82, 2.24) is 9.55 Å². The molecular weight excluding hydrogens is 276 g/mol. The fourth-order valence-corrected chi connectivity index (χ4v) is 3.43. The van der Waals surface area contributed by atoms with Gasteiger partial charge in [0.1, 0.15) is 0 Å². The molecule has 0 aromatic carbocycles. The highest BCUT2D eigenvalue weighted by Crippen LogP contribution is 2.31. The van der Waals surface area contributed by atoms with Crippen LogP contribution in [-0.4, -0.2) is 20.6 Å². The minimum atomic E-state index is -0.683. The second-order valence-corrected chi connectivity index (χ2v) is 6.96.